The maximum Gasteiger partial charge on any atom is 0.348 e. The van der Waals surface area contributed by atoms with E-state index in [1.807, 2.05) is 0 Å². The van der Waals surface area contributed by atoms with Crippen LogP contribution in [-0.4, -0.2) is 27.2 Å². The number of hydrogen-bond donors (Lipinski definition) is 4. The monoisotopic (exact) mass is 293 g/mol. The highest BCUT2D eigenvalue weighted by atomic mass is 32.1. The van der Waals surface area contributed by atoms with E-state index < -0.39 is 11.9 Å². The number of carbonyl (C=O) groups is 2. The highest BCUT2D eigenvalue weighted by Crippen LogP contribution is 2.29. The van der Waals surface area contributed by atoms with Crippen LogP contribution in [0.2, 0.25) is 0 Å². The number of aryl methyl sites for hydroxylation is 1. The molecule has 0 aliphatic heterocycles. The molecule has 1 aromatic carbocycles. The molecule has 1 aromatic heterocycles. The van der Waals surface area contributed by atoms with Gasteiger partial charge in [-0.2, -0.15) is 0 Å². The SMILES string of the molecule is Cc1csc(C(=O)O)c1NC(=O)c1ccc(O)cc1O. The van der Waals surface area contributed by atoms with Crippen LogP contribution in [0.3, 0.4) is 0 Å². The third kappa shape index (κ3) is 2.57. The molecule has 2 aromatic rings. The van der Waals surface area contributed by atoms with Crippen molar-refractivity contribution >= 4 is 28.9 Å². The van der Waals surface area contributed by atoms with Crippen molar-refractivity contribution in [2.45, 2.75) is 6.92 Å². The maximum atomic E-state index is 12.0. The summed E-state index contributed by atoms with van der Waals surface area (Å²) in [7, 11) is 0. The highest BCUT2D eigenvalue weighted by Gasteiger charge is 2.19. The van der Waals surface area contributed by atoms with E-state index in [0.29, 0.717) is 5.56 Å². The minimum absolute atomic E-state index is 0.0223. The number of aromatic hydroxyl groups is 2. The summed E-state index contributed by atoms with van der Waals surface area (Å²) in [6.45, 7) is 1.68. The van der Waals surface area contributed by atoms with E-state index in [4.69, 9.17) is 10.2 Å². The summed E-state index contributed by atoms with van der Waals surface area (Å²) in [4.78, 5) is 23.1. The van der Waals surface area contributed by atoms with Gasteiger partial charge in [-0.15, -0.1) is 11.3 Å². The third-order valence-electron chi connectivity index (χ3n) is 2.63. The van der Waals surface area contributed by atoms with Gasteiger partial charge in [0.15, 0.2) is 0 Å². The lowest BCUT2D eigenvalue weighted by atomic mass is 10.1. The molecule has 0 saturated carbocycles. The van der Waals surface area contributed by atoms with Crippen LogP contribution in [-0.2, 0) is 0 Å². The van der Waals surface area contributed by atoms with Crippen molar-refractivity contribution in [2.24, 2.45) is 0 Å². The molecule has 0 bridgehead atoms. The van der Waals surface area contributed by atoms with E-state index in [0.717, 1.165) is 17.4 Å². The smallest absolute Gasteiger partial charge is 0.348 e. The molecule has 0 fully saturated rings. The zero-order valence-corrected chi connectivity index (χ0v) is 11.2. The minimum atomic E-state index is -1.13. The van der Waals surface area contributed by atoms with E-state index in [-0.39, 0.29) is 27.6 Å². The van der Waals surface area contributed by atoms with Crippen LogP contribution in [0.25, 0.3) is 0 Å². The van der Waals surface area contributed by atoms with Crippen molar-refractivity contribution in [1.82, 2.24) is 0 Å². The second-order valence-corrected chi connectivity index (χ2v) is 4.96. The van der Waals surface area contributed by atoms with Gasteiger partial charge in [0.2, 0.25) is 0 Å². The molecule has 20 heavy (non-hydrogen) atoms. The number of carbonyl (C=O) groups excluding carboxylic acids is 1. The van der Waals surface area contributed by atoms with E-state index >= 15 is 0 Å². The summed E-state index contributed by atoms with van der Waals surface area (Å²) in [6.07, 6.45) is 0. The van der Waals surface area contributed by atoms with Gasteiger partial charge in [-0.1, -0.05) is 0 Å². The summed E-state index contributed by atoms with van der Waals surface area (Å²) in [5, 5.41) is 31.9. The molecular weight excluding hydrogens is 282 g/mol. The molecule has 0 aliphatic carbocycles. The van der Waals surface area contributed by atoms with Gasteiger partial charge >= 0.3 is 5.97 Å². The predicted molar refractivity (Wildman–Crippen MR) is 73.7 cm³/mol. The lowest BCUT2D eigenvalue weighted by molar-refractivity contribution is 0.0703. The second kappa shape index (κ2) is 5.22. The van der Waals surface area contributed by atoms with Gasteiger partial charge < -0.3 is 20.6 Å². The summed E-state index contributed by atoms with van der Waals surface area (Å²) >= 11 is 1.01. The van der Waals surface area contributed by atoms with Crippen LogP contribution >= 0.6 is 11.3 Å². The van der Waals surface area contributed by atoms with Crippen LogP contribution in [0, 0.1) is 6.92 Å². The first kappa shape index (κ1) is 13.9. The number of carboxylic acid groups (broad SMARTS) is 1. The molecule has 1 heterocycles. The Bertz CT molecular complexity index is 692. The van der Waals surface area contributed by atoms with Crippen LogP contribution in [0.4, 0.5) is 5.69 Å². The minimum Gasteiger partial charge on any atom is -0.508 e. The first-order chi connectivity index (χ1) is 9.40. The normalized spacial score (nSPS) is 10.2. The van der Waals surface area contributed by atoms with Gasteiger partial charge in [-0.25, -0.2) is 4.79 Å². The molecule has 1 amide bonds. The average Bonchev–Trinajstić information content (AvgIpc) is 2.71. The Balaban J connectivity index is 2.33. The molecule has 0 unspecified atom stereocenters. The quantitative estimate of drug-likeness (QED) is 0.695. The van der Waals surface area contributed by atoms with Crippen molar-refractivity contribution in [2.75, 3.05) is 5.32 Å². The van der Waals surface area contributed by atoms with Gasteiger partial charge in [0.1, 0.15) is 16.4 Å². The molecule has 0 radical (unpaired) electrons. The zero-order chi connectivity index (χ0) is 14.9. The molecule has 0 spiro atoms. The molecule has 2 rings (SSSR count). The number of thiophene rings is 1. The van der Waals surface area contributed by atoms with Crippen molar-refractivity contribution in [3.05, 3.63) is 39.6 Å². The Morgan fingerprint density at radius 2 is 1.95 bits per heavy atom. The molecule has 0 aliphatic rings. The maximum absolute atomic E-state index is 12.0. The highest BCUT2D eigenvalue weighted by molar-refractivity contribution is 7.12. The molecule has 104 valence electrons. The lowest BCUT2D eigenvalue weighted by Gasteiger charge is -2.08. The topological polar surface area (TPSA) is 107 Å². The predicted octanol–water partition coefficient (Wildman–Crippen LogP) is 2.42. The largest absolute Gasteiger partial charge is 0.508 e. The number of rotatable bonds is 3. The molecule has 4 N–H and O–H groups in total. The summed E-state index contributed by atoms with van der Waals surface area (Å²) in [5.41, 5.74) is 0.781. The first-order valence-electron chi connectivity index (χ1n) is 5.55. The molecule has 7 heteroatoms. The Kier molecular flexibility index (Phi) is 3.62. The van der Waals surface area contributed by atoms with E-state index in [9.17, 15) is 14.7 Å². The van der Waals surface area contributed by atoms with Crippen molar-refractivity contribution in [3.8, 4) is 11.5 Å². The molecular formula is C13H11NO5S. The number of benzene rings is 1. The lowest BCUT2D eigenvalue weighted by Crippen LogP contribution is -2.14. The van der Waals surface area contributed by atoms with Gasteiger partial charge in [-0.05, 0) is 30.0 Å². The van der Waals surface area contributed by atoms with Crippen LogP contribution < -0.4 is 5.32 Å². The van der Waals surface area contributed by atoms with Crippen LogP contribution in [0.5, 0.6) is 11.5 Å². The summed E-state index contributed by atoms with van der Waals surface area (Å²) < 4.78 is 0. The van der Waals surface area contributed by atoms with E-state index in [1.165, 1.54) is 12.1 Å². The molecule has 0 saturated heterocycles. The van der Waals surface area contributed by atoms with Gasteiger partial charge in [0.25, 0.3) is 5.91 Å². The fourth-order valence-electron chi connectivity index (χ4n) is 1.65. The zero-order valence-electron chi connectivity index (χ0n) is 10.4. The van der Waals surface area contributed by atoms with Gasteiger partial charge in [0, 0.05) is 6.07 Å². The van der Waals surface area contributed by atoms with E-state index in [2.05, 4.69) is 5.32 Å². The number of phenols is 2. The Morgan fingerprint density at radius 1 is 1.25 bits per heavy atom. The number of nitrogens with one attached hydrogen (secondary N) is 1. The van der Waals surface area contributed by atoms with Gasteiger partial charge in [-0.3, -0.25) is 4.79 Å². The number of amides is 1. The van der Waals surface area contributed by atoms with E-state index in [1.54, 1.807) is 12.3 Å². The van der Waals surface area contributed by atoms with Crippen LogP contribution in [0.15, 0.2) is 23.6 Å². The third-order valence-corrected chi connectivity index (χ3v) is 3.72. The Morgan fingerprint density at radius 3 is 2.55 bits per heavy atom. The average molecular weight is 293 g/mol. The number of hydrogen-bond acceptors (Lipinski definition) is 5. The molecule has 6 nitrogen and oxygen atoms in total. The molecule has 0 atom stereocenters. The number of anilines is 1. The first-order valence-corrected chi connectivity index (χ1v) is 6.43. The fraction of sp³-hybridized carbons (Fsp3) is 0.0769. The summed E-state index contributed by atoms with van der Waals surface area (Å²) in [5.74, 6) is -2.33. The van der Waals surface area contributed by atoms with Crippen LogP contribution in [0.1, 0.15) is 25.6 Å². The Hall–Kier alpha value is -2.54. The fourth-order valence-corrected chi connectivity index (χ4v) is 2.49. The standard InChI is InChI=1S/C13H11NO5S/c1-6-5-20-11(13(18)19)10(6)14-12(17)8-3-2-7(15)4-9(8)16/h2-5,15-16H,1H3,(H,14,17)(H,18,19). The van der Waals surface area contributed by atoms with Gasteiger partial charge in [0.05, 0.1) is 11.3 Å². The van der Waals surface area contributed by atoms with Crippen molar-refractivity contribution < 1.29 is 24.9 Å². The Labute approximate surface area is 117 Å². The number of carboxylic acids is 1. The van der Waals surface area contributed by atoms with Crippen molar-refractivity contribution in [1.29, 1.82) is 0 Å². The number of aromatic carboxylic acids is 1. The summed E-state index contributed by atoms with van der Waals surface area (Å²) in [6, 6.07) is 3.54. The second-order valence-electron chi connectivity index (χ2n) is 4.08. The van der Waals surface area contributed by atoms with Crippen molar-refractivity contribution in [3.63, 3.8) is 0 Å². The number of phenolic OH excluding ortho intramolecular Hbond substituents is 2.